The number of rotatable bonds is 40. The van der Waals surface area contributed by atoms with Crippen LogP contribution in [0.1, 0.15) is 201 Å². The van der Waals surface area contributed by atoms with Crippen LogP contribution >= 0.6 is 0 Å². The quantitative estimate of drug-likeness (QED) is 0.0202. The SMILES string of the molecule is CC/C=C\C/C=C\C/C=C\CCCCC(=O)OC(COC(=O)CCC/C=C\CCCCCC)COC(=O)CCCCCCC\C=C/C=C\C=C/CCCCCCC. The first kappa shape index (κ1) is 53.6. The van der Waals surface area contributed by atoms with Crippen molar-refractivity contribution in [3.63, 3.8) is 0 Å². The summed E-state index contributed by atoms with van der Waals surface area (Å²) < 4.78 is 16.6. The van der Waals surface area contributed by atoms with Gasteiger partial charge in [-0.3, -0.25) is 14.4 Å². The van der Waals surface area contributed by atoms with Gasteiger partial charge in [-0.25, -0.2) is 0 Å². The highest BCUT2D eigenvalue weighted by Gasteiger charge is 2.19. The summed E-state index contributed by atoms with van der Waals surface area (Å²) in [7, 11) is 0. The summed E-state index contributed by atoms with van der Waals surface area (Å²) in [4.78, 5) is 37.7. The molecule has 1 atom stereocenters. The topological polar surface area (TPSA) is 78.9 Å². The van der Waals surface area contributed by atoms with E-state index in [0.717, 1.165) is 89.9 Å². The van der Waals surface area contributed by atoms with Crippen molar-refractivity contribution in [2.24, 2.45) is 0 Å². The van der Waals surface area contributed by atoms with Crippen molar-refractivity contribution >= 4 is 17.9 Å². The molecule has 0 N–H and O–H groups in total. The molecule has 324 valence electrons. The lowest BCUT2D eigenvalue weighted by atomic mass is 10.1. The molecule has 57 heavy (non-hydrogen) atoms. The van der Waals surface area contributed by atoms with Gasteiger partial charge in [0.05, 0.1) is 0 Å². The first-order valence-electron chi connectivity index (χ1n) is 23.1. The summed E-state index contributed by atoms with van der Waals surface area (Å²) >= 11 is 0. The van der Waals surface area contributed by atoms with Gasteiger partial charge >= 0.3 is 17.9 Å². The summed E-state index contributed by atoms with van der Waals surface area (Å²) in [5.41, 5.74) is 0. The normalized spacial score (nSPS) is 12.8. The zero-order valence-corrected chi connectivity index (χ0v) is 36.8. The molecule has 6 heteroatoms. The molecule has 0 rings (SSSR count). The monoisotopic (exact) mass is 793 g/mol. The molecule has 0 saturated heterocycles. The molecule has 0 aromatic heterocycles. The number of hydrogen-bond donors (Lipinski definition) is 0. The van der Waals surface area contributed by atoms with E-state index in [2.05, 4.69) is 106 Å². The van der Waals surface area contributed by atoms with Crippen LogP contribution in [0.4, 0.5) is 0 Å². The molecular formula is C51H84O6. The summed E-state index contributed by atoms with van der Waals surface area (Å²) in [5.74, 6) is -1.02. The van der Waals surface area contributed by atoms with Crippen LogP contribution in [0.25, 0.3) is 0 Å². The molecule has 0 aromatic carbocycles. The Labute approximate surface area is 350 Å². The van der Waals surface area contributed by atoms with Crippen LogP contribution < -0.4 is 0 Å². The van der Waals surface area contributed by atoms with Crippen LogP contribution in [0, 0.1) is 0 Å². The Hall–Kier alpha value is -3.41. The Morgan fingerprint density at radius 1 is 0.386 bits per heavy atom. The second kappa shape index (κ2) is 45.3. The number of hydrogen-bond acceptors (Lipinski definition) is 6. The minimum atomic E-state index is -0.813. The molecule has 6 nitrogen and oxygen atoms in total. The van der Waals surface area contributed by atoms with Crippen molar-refractivity contribution < 1.29 is 28.6 Å². The molecule has 0 spiro atoms. The minimum absolute atomic E-state index is 0.112. The van der Waals surface area contributed by atoms with Gasteiger partial charge < -0.3 is 14.2 Å². The molecule has 0 bridgehead atoms. The van der Waals surface area contributed by atoms with Crippen molar-refractivity contribution in [3.05, 3.63) is 85.1 Å². The van der Waals surface area contributed by atoms with E-state index in [-0.39, 0.29) is 37.5 Å². The van der Waals surface area contributed by atoms with E-state index in [9.17, 15) is 14.4 Å². The predicted molar refractivity (Wildman–Crippen MR) is 242 cm³/mol. The van der Waals surface area contributed by atoms with Gasteiger partial charge in [0.15, 0.2) is 6.10 Å². The van der Waals surface area contributed by atoms with Crippen LogP contribution in [0.15, 0.2) is 85.1 Å². The van der Waals surface area contributed by atoms with Gasteiger partial charge in [-0.05, 0) is 96.3 Å². The van der Waals surface area contributed by atoms with Crippen LogP contribution in [-0.4, -0.2) is 37.2 Å². The fourth-order valence-corrected chi connectivity index (χ4v) is 5.93. The van der Waals surface area contributed by atoms with Gasteiger partial charge in [-0.1, -0.05) is 170 Å². The van der Waals surface area contributed by atoms with Crippen molar-refractivity contribution in [2.75, 3.05) is 13.2 Å². The number of esters is 3. The molecular weight excluding hydrogens is 709 g/mol. The minimum Gasteiger partial charge on any atom is -0.462 e. The second-order valence-corrected chi connectivity index (χ2v) is 15.0. The number of allylic oxidation sites excluding steroid dienone is 14. The second-order valence-electron chi connectivity index (χ2n) is 15.0. The average Bonchev–Trinajstić information content (AvgIpc) is 3.21. The zero-order chi connectivity index (χ0) is 41.5. The van der Waals surface area contributed by atoms with Gasteiger partial charge in [-0.2, -0.15) is 0 Å². The Kier molecular flexibility index (Phi) is 42.6. The number of unbranched alkanes of at least 4 members (excludes halogenated alkanes) is 17. The third kappa shape index (κ3) is 43.6. The number of carbonyl (C=O) groups excluding carboxylic acids is 3. The summed E-state index contributed by atoms with van der Waals surface area (Å²) in [6.07, 6.45) is 57.2. The lowest BCUT2D eigenvalue weighted by Gasteiger charge is -2.18. The highest BCUT2D eigenvalue weighted by atomic mass is 16.6. The maximum Gasteiger partial charge on any atom is 0.306 e. The maximum atomic E-state index is 12.7. The smallest absolute Gasteiger partial charge is 0.306 e. The van der Waals surface area contributed by atoms with Gasteiger partial charge in [0.25, 0.3) is 0 Å². The molecule has 0 aliphatic rings. The first-order valence-corrected chi connectivity index (χ1v) is 23.1. The summed E-state index contributed by atoms with van der Waals surface area (Å²) in [5, 5.41) is 0. The van der Waals surface area contributed by atoms with E-state index in [4.69, 9.17) is 14.2 Å². The largest absolute Gasteiger partial charge is 0.462 e. The Morgan fingerprint density at radius 3 is 1.35 bits per heavy atom. The van der Waals surface area contributed by atoms with Gasteiger partial charge in [0.2, 0.25) is 0 Å². The standard InChI is InChI=1S/C51H84O6/c1-4-7-10-13-16-19-21-23-24-25-26-27-28-30-32-35-38-41-44-50(53)56-47-48(46-55-49(52)43-40-37-34-31-18-15-12-9-6-3)57-51(54)45-42-39-36-33-29-22-20-17-14-11-8-5-2/h8,11,17,20-21,23-27,29,31,33-34,48H,4-7,9-10,12-16,18-19,22,28,30,32,35-47H2,1-3H3/b11-8-,20-17-,23-21-,25-24-,27-26-,33-29-,34-31-. The molecule has 0 saturated carbocycles. The van der Waals surface area contributed by atoms with Crippen LogP contribution in [-0.2, 0) is 28.6 Å². The molecule has 0 aliphatic carbocycles. The summed E-state index contributed by atoms with van der Waals surface area (Å²) in [6, 6.07) is 0. The molecule has 0 fully saturated rings. The fraction of sp³-hybridized carbons (Fsp3) is 0.667. The first-order chi connectivity index (χ1) is 28.0. The molecule has 1 unspecified atom stereocenters. The van der Waals surface area contributed by atoms with E-state index < -0.39 is 6.10 Å². The highest BCUT2D eigenvalue weighted by Crippen LogP contribution is 2.11. The zero-order valence-electron chi connectivity index (χ0n) is 36.8. The third-order valence-electron chi connectivity index (χ3n) is 9.41. The molecule has 0 aromatic rings. The molecule has 0 amide bonds. The van der Waals surface area contributed by atoms with Gasteiger partial charge in [0.1, 0.15) is 13.2 Å². The van der Waals surface area contributed by atoms with Gasteiger partial charge in [-0.15, -0.1) is 0 Å². The van der Waals surface area contributed by atoms with E-state index in [1.807, 2.05) is 0 Å². The lowest BCUT2D eigenvalue weighted by molar-refractivity contribution is -0.167. The fourth-order valence-electron chi connectivity index (χ4n) is 5.93. The number of ether oxygens (including phenoxy) is 3. The van der Waals surface area contributed by atoms with Crippen LogP contribution in [0.5, 0.6) is 0 Å². The number of carbonyl (C=O) groups is 3. The average molecular weight is 793 g/mol. The third-order valence-corrected chi connectivity index (χ3v) is 9.41. The molecule has 0 radical (unpaired) electrons. The Morgan fingerprint density at radius 2 is 0.772 bits per heavy atom. The van der Waals surface area contributed by atoms with Crippen molar-refractivity contribution in [1.29, 1.82) is 0 Å². The highest BCUT2D eigenvalue weighted by molar-refractivity contribution is 5.71. The summed E-state index contributed by atoms with van der Waals surface area (Å²) in [6.45, 7) is 6.37. The lowest BCUT2D eigenvalue weighted by Crippen LogP contribution is -2.30. The Balaban J connectivity index is 4.45. The van der Waals surface area contributed by atoms with E-state index in [1.165, 1.54) is 57.8 Å². The molecule has 0 aliphatic heterocycles. The Bertz CT molecular complexity index is 1140. The van der Waals surface area contributed by atoms with E-state index in [1.54, 1.807) is 0 Å². The van der Waals surface area contributed by atoms with Crippen molar-refractivity contribution in [1.82, 2.24) is 0 Å². The van der Waals surface area contributed by atoms with Crippen LogP contribution in [0.3, 0.4) is 0 Å². The van der Waals surface area contributed by atoms with Crippen molar-refractivity contribution in [3.8, 4) is 0 Å². The van der Waals surface area contributed by atoms with E-state index >= 15 is 0 Å². The van der Waals surface area contributed by atoms with Gasteiger partial charge in [0, 0.05) is 19.3 Å². The predicted octanol–water partition coefficient (Wildman–Crippen LogP) is 14.9. The molecule has 0 heterocycles. The van der Waals surface area contributed by atoms with Crippen LogP contribution in [0.2, 0.25) is 0 Å². The maximum absolute atomic E-state index is 12.7. The van der Waals surface area contributed by atoms with Crippen molar-refractivity contribution in [2.45, 2.75) is 207 Å². The van der Waals surface area contributed by atoms with E-state index in [0.29, 0.717) is 25.7 Å².